The van der Waals surface area contributed by atoms with Gasteiger partial charge in [-0.15, -0.1) is 0 Å². The first-order valence-electron chi connectivity index (χ1n) is 7.12. The largest absolute Gasteiger partial charge is 0.491 e. The maximum Gasteiger partial charge on any atom is 0.244 e. The Labute approximate surface area is 125 Å². The van der Waals surface area contributed by atoms with Gasteiger partial charge in [0, 0.05) is 12.6 Å². The van der Waals surface area contributed by atoms with Crippen LogP contribution in [0.3, 0.4) is 0 Å². The van der Waals surface area contributed by atoms with E-state index in [2.05, 4.69) is 19.2 Å². The van der Waals surface area contributed by atoms with Crippen LogP contribution in [-0.4, -0.2) is 30.8 Å². The van der Waals surface area contributed by atoms with Crippen LogP contribution in [0.4, 0.5) is 5.69 Å². The number of rotatable bonds is 8. The van der Waals surface area contributed by atoms with E-state index in [4.69, 9.17) is 15.6 Å². The summed E-state index contributed by atoms with van der Waals surface area (Å²) in [7, 11) is 0. The highest BCUT2D eigenvalue weighted by molar-refractivity contribution is 5.91. The Morgan fingerprint density at radius 2 is 2.24 bits per heavy atom. The lowest BCUT2D eigenvalue weighted by molar-refractivity contribution is -0.116. The van der Waals surface area contributed by atoms with Crippen molar-refractivity contribution in [2.45, 2.75) is 20.3 Å². The zero-order valence-corrected chi connectivity index (χ0v) is 12.6. The van der Waals surface area contributed by atoms with Crippen molar-refractivity contribution >= 4 is 17.7 Å². The molecule has 21 heavy (non-hydrogen) atoms. The van der Waals surface area contributed by atoms with Gasteiger partial charge in [0.2, 0.25) is 5.91 Å². The maximum absolute atomic E-state index is 11.4. The lowest BCUT2D eigenvalue weighted by Gasteiger charge is -2.10. The SMILES string of the molecule is CC(C)CCOc1ccc(/C=C\C(=O)NCCO)cc1N. The molecular formula is C16H24N2O3. The molecule has 1 aromatic rings. The van der Waals surface area contributed by atoms with E-state index in [1.54, 1.807) is 18.2 Å². The van der Waals surface area contributed by atoms with Gasteiger partial charge in [-0.2, -0.15) is 0 Å². The highest BCUT2D eigenvalue weighted by atomic mass is 16.5. The molecule has 0 unspecified atom stereocenters. The Morgan fingerprint density at radius 1 is 1.48 bits per heavy atom. The van der Waals surface area contributed by atoms with E-state index >= 15 is 0 Å². The molecule has 4 N–H and O–H groups in total. The summed E-state index contributed by atoms with van der Waals surface area (Å²) >= 11 is 0. The zero-order valence-electron chi connectivity index (χ0n) is 12.6. The first-order chi connectivity index (χ1) is 10.0. The molecule has 0 bridgehead atoms. The molecule has 0 fully saturated rings. The van der Waals surface area contributed by atoms with E-state index in [-0.39, 0.29) is 19.1 Å². The van der Waals surface area contributed by atoms with Crippen LogP contribution in [0.2, 0.25) is 0 Å². The van der Waals surface area contributed by atoms with Crippen LogP contribution in [0.15, 0.2) is 24.3 Å². The number of benzene rings is 1. The van der Waals surface area contributed by atoms with Gasteiger partial charge < -0.3 is 20.9 Å². The normalized spacial score (nSPS) is 11.0. The van der Waals surface area contributed by atoms with Gasteiger partial charge in [0.25, 0.3) is 0 Å². The third-order valence-corrected chi connectivity index (χ3v) is 2.82. The second-order valence-electron chi connectivity index (χ2n) is 5.18. The standard InChI is InChI=1S/C16H24N2O3/c1-12(2)7-10-21-15-5-3-13(11-14(15)17)4-6-16(20)18-8-9-19/h3-6,11-12,19H,7-10,17H2,1-2H3,(H,18,20)/b6-4-. The Morgan fingerprint density at radius 3 is 2.86 bits per heavy atom. The van der Waals surface area contributed by atoms with Crippen LogP contribution < -0.4 is 15.8 Å². The van der Waals surface area contributed by atoms with Gasteiger partial charge in [-0.05, 0) is 36.1 Å². The number of ether oxygens (including phenoxy) is 1. The lowest BCUT2D eigenvalue weighted by Crippen LogP contribution is -2.24. The van der Waals surface area contributed by atoms with Crippen LogP contribution >= 0.6 is 0 Å². The maximum atomic E-state index is 11.4. The minimum absolute atomic E-state index is 0.0745. The Balaban J connectivity index is 2.57. The van der Waals surface area contributed by atoms with Gasteiger partial charge in [-0.3, -0.25) is 4.79 Å². The molecule has 0 aliphatic carbocycles. The monoisotopic (exact) mass is 292 g/mol. The number of carbonyl (C=O) groups is 1. The molecule has 1 amide bonds. The van der Waals surface area contributed by atoms with Crippen molar-refractivity contribution in [3.8, 4) is 5.75 Å². The molecule has 0 spiro atoms. The Hall–Kier alpha value is -2.01. The second kappa shape index (κ2) is 9.02. The fourth-order valence-corrected chi connectivity index (χ4v) is 1.62. The first-order valence-corrected chi connectivity index (χ1v) is 7.12. The number of carbonyl (C=O) groups excluding carboxylic acids is 1. The fourth-order valence-electron chi connectivity index (χ4n) is 1.62. The first kappa shape index (κ1) is 17.0. The summed E-state index contributed by atoms with van der Waals surface area (Å²) in [5.41, 5.74) is 7.31. The van der Waals surface area contributed by atoms with Gasteiger partial charge in [-0.25, -0.2) is 0 Å². The van der Waals surface area contributed by atoms with E-state index in [0.29, 0.717) is 24.0 Å². The minimum Gasteiger partial charge on any atom is -0.491 e. The smallest absolute Gasteiger partial charge is 0.244 e. The molecule has 5 heteroatoms. The van der Waals surface area contributed by atoms with Crippen molar-refractivity contribution in [1.29, 1.82) is 0 Å². The summed E-state index contributed by atoms with van der Waals surface area (Å²) in [4.78, 5) is 11.4. The number of hydrogen-bond acceptors (Lipinski definition) is 4. The number of amides is 1. The highest BCUT2D eigenvalue weighted by Crippen LogP contribution is 2.23. The minimum atomic E-state index is -0.250. The molecule has 1 aromatic carbocycles. The highest BCUT2D eigenvalue weighted by Gasteiger charge is 2.02. The predicted octanol–water partition coefficient (Wildman–Crippen LogP) is 1.82. The van der Waals surface area contributed by atoms with Crippen molar-refractivity contribution in [2.75, 3.05) is 25.5 Å². The number of nitrogens with two attached hydrogens (primary N) is 1. The third-order valence-electron chi connectivity index (χ3n) is 2.82. The Kier molecular flexibility index (Phi) is 7.32. The Bertz CT molecular complexity index is 484. The summed E-state index contributed by atoms with van der Waals surface area (Å²) < 4.78 is 5.63. The molecule has 0 saturated heterocycles. The zero-order chi connectivity index (χ0) is 15.7. The summed E-state index contributed by atoms with van der Waals surface area (Å²) in [5.74, 6) is 1.00. The summed E-state index contributed by atoms with van der Waals surface area (Å²) in [6, 6.07) is 5.42. The van der Waals surface area contributed by atoms with Crippen molar-refractivity contribution in [2.24, 2.45) is 5.92 Å². The fraction of sp³-hybridized carbons (Fsp3) is 0.438. The summed E-state index contributed by atoms with van der Waals surface area (Å²) in [6.07, 6.45) is 4.05. The van der Waals surface area contributed by atoms with E-state index in [1.807, 2.05) is 6.07 Å². The number of anilines is 1. The van der Waals surface area contributed by atoms with E-state index < -0.39 is 0 Å². The molecule has 0 heterocycles. The van der Waals surface area contributed by atoms with Crippen molar-refractivity contribution < 1.29 is 14.6 Å². The average molecular weight is 292 g/mol. The molecule has 5 nitrogen and oxygen atoms in total. The average Bonchev–Trinajstić information content (AvgIpc) is 2.44. The van der Waals surface area contributed by atoms with Gasteiger partial charge in [0.05, 0.1) is 18.9 Å². The summed E-state index contributed by atoms with van der Waals surface area (Å²) in [5, 5.41) is 11.1. The van der Waals surface area contributed by atoms with Crippen LogP contribution in [-0.2, 0) is 4.79 Å². The van der Waals surface area contributed by atoms with Crippen molar-refractivity contribution in [3.63, 3.8) is 0 Å². The molecule has 0 saturated carbocycles. The quantitative estimate of drug-likeness (QED) is 0.504. The second-order valence-corrected chi connectivity index (χ2v) is 5.18. The van der Waals surface area contributed by atoms with Gasteiger partial charge in [-0.1, -0.05) is 19.9 Å². The number of aliphatic hydroxyl groups excluding tert-OH is 1. The molecule has 0 aliphatic rings. The van der Waals surface area contributed by atoms with Crippen molar-refractivity contribution in [1.82, 2.24) is 5.32 Å². The van der Waals surface area contributed by atoms with Gasteiger partial charge >= 0.3 is 0 Å². The van der Waals surface area contributed by atoms with E-state index in [9.17, 15) is 4.79 Å². The van der Waals surface area contributed by atoms with Crippen LogP contribution in [0, 0.1) is 5.92 Å². The van der Waals surface area contributed by atoms with E-state index in [1.165, 1.54) is 6.08 Å². The predicted molar refractivity (Wildman–Crippen MR) is 84.9 cm³/mol. The summed E-state index contributed by atoms with van der Waals surface area (Å²) in [6.45, 7) is 5.09. The molecule has 0 aromatic heterocycles. The van der Waals surface area contributed by atoms with Crippen LogP contribution in [0.25, 0.3) is 6.08 Å². The number of hydrogen-bond donors (Lipinski definition) is 3. The molecular weight excluding hydrogens is 268 g/mol. The van der Waals surface area contributed by atoms with Gasteiger partial charge in [0.1, 0.15) is 5.75 Å². The number of aliphatic hydroxyl groups is 1. The van der Waals surface area contributed by atoms with E-state index in [0.717, 1.165) is 12.0 Å². The molecule has 0 radical (unpaired) electrons. The lowest BCUT2D eigenvalue weighted by atomic mass is 10.1. The molecule has 0 aliphatic heterocycles. The van der Waals surface area contributed by atoms with Gasteiger partial charge in [0.15, 0.2) is 0 Å². The number of nitrogen functional groups attached to an aromatic ring is 1. The molecule has 1 rings (SSSR count). The molecule has 116 valence electrons. The topological polar surface area (TPSA) is 84.6 Å². The molecule has 0 atom stereocenters. The third kappa shape index (κ3) is 6.81. The van der Waals surface area contributed by atoms with Crippen LogP contribution in [0.5, 0.6) is 5.75 Å². The van der Waals surface area contributed by atoms with Crippen molar-refractivity contribution in [3.05, 3.63) is 29.8 Å². The van der Waals surface area contributed by atoms with Crippen LogP contribution in [0.1, 0.15) is 25.8 Å². The number of nitrogens with one attached hydrogen (secondary N) is 1.